The second-order valence-corrected chi connectivity index (χ2v) is 7.57. The van der Waals surface area contributed by atoms with Crippen molar-refractivity contribution >= 4 is 28.6 Å². The molecule has 0 radical (unpaired) electrons. The van der Waals surface area contributed by atoms with E-state index in [4.69, 9.17) is 0 Å². The molecule has 0 saturated heterocycles. The predicted molar refractivity (Wildman–Crippen MR) is 116 cm³/mol. The van der Waals surface area contributed by atoms with Gasteiger partial charge in [0.25, 0.3) is 5.92 Å². The number of hydrogen-bond donors (Lipinski definition) is 2. The highest BCUT2D eigenvalue weighted by molar-refractivity contribution is 5.93. The van der Waals surface area contributed by atoms with Crippen LogP contribution in [0.1, 0.15) is 34.0 Å². The highest BCUT2D eigenvalue weighted by Gasteiger charge is 2.27. The maximum absolute atomic E-state index is 14.2. The van der Waals surface area contributed by atoms with Gasteiger partial charge >= 0.3 is 5.97 Å². The monoisotopic (exact) mass is 421 g/mol. The van der Waals surface area contributed by atoms with Crippen molar-refractivity contribution in [3.05, 3.63) is 89.0 Å². The smallest absolute Gasteiger partial charge is 0.335 e. The van der Waals surface area contributed by atoms with Gasteiger partial charge in [-0.2, -0.15) is 0 Å². The molecular weight excluding hydrogens is 400 g/mol. The van der Waals surface area contributed by atoms with Crippen LogP contribution in [0.4, 0.5) is 20.4 Å². The molecule has 0 unspecified atom stereocenters. The molecule has 4 rings (SSSR count). The van der Waals surface area contributed by atoms with Crippen LogP contribution in [0.2, 0.25) is 0 Å². The van der Waals surface area contributed by atoms with Gasteiger partial charge in [-0.3, -0.25) is 0 Å². The van der Waals surface area contributed by atoms with Gasteiger partial charge in [0.1, 0.15) is 0 Å². The first-order valence-corrected chi connectivity index (χ1v) is 9.76. The third-order valence-electron chi connectivity index (χ3n) is 5.12. The van der Waals surface area contributed by atoms with Gasteiger partial charge in [-0.15, -0.1) is 0 Å². The Labute approximate surface area is 178 Å². The summed E-state index contributed by atoms with van der Waals surface area (Å²) in [5.41, 5.74) is 3.52. The van der Waals surface area contributed by atoms with Gasteiger partial charge in [-0.25, -0.2) is 18.6 Å². The lowest BCUT2D eigenvalue weighted by Crippen LogP contribution is -2.14. The quantitative estimate of drug-likeness (QED) is 0.404. The van der Waals surface area contributed by atoms with E-state index in [2.05, 4.69) is 10.3 Å². The molecule has 0 fully saturated rings. The van der Waals surface area contributed by atoms with Crippen LogP contribution in [0.15, 0.2) is 66.7 Å². The second kappa shape index (κ2) is 7.83. The van der Waals surface area contributed by atoms with Crippen molar-refractivity contribution in [1.82, 2.24) is 9.55 Å². The molecule has 31 heavy (non-hydrogen) atoms. The number of aromatic nitrogens is 2. The predicted octanol–water partition coefficient (Wildman–Crippen LogP) is 5.95. The fourth-order valence-corrected chi connectivity index (χ4v) is 3.54. The minimum Gasteiger partial charge on any atom is -0.478 e. The summed E-state index contributed by atoms with van der Waals surface area (Å²) in [7, 11) is 0. The molecule has 2 N–H and O–H groups in total. The topological polar surface area (TPSA) is 67.2 Å². The molecule has 1 heterocycles. The van der Waals surface area contributed by atoms with E-state index in [1.54, 1.807) is 28.8 Å². The number of fused-ring (bicyclic) bond motifs is 1. The zero-order chi connectivity index (χ0) is 22.2. The SMILES string of the molecule is Cc1ccc(Nc2nc3cc(C(=O)O)ccc3n2Cc2ccccc2C(C)(F)F)cc1. The minimum absolute atomic E-state index is 0.0553. The summed E-state index contributed by atoms with van der Waals surface area (Å²) >= 11 is 0. The van der Waals surface area contributed by atoms with Crippen molar-refractivity contribution in [3.63, 3.8) is 0 Å². The molecule has 0 atom stereocenters. The molecule has 158 valence electrons. The Morgan fingerprint density at radius 2 is 1.81 bits per heavy atom. The van der Waals surface area contributed by atoms with Gasteiger partial charge in [0, 0.05) is 18.2 Å². The third-order valence-corrected chi connectivity index (χ3v) is 5.12. The van der Waals surface area contributed by atoms with Crippen molar-refractivity contribution in [2.24, 2.45) is 0 Å². The number of carboxylic acids is 1. The van der Waals surface area contributed by atoms with Crippen LogP contribution in [0.25, 0.3) is 11.0 Å². The number of aromatic carboxylic acids is 1. The first-order chi connectivity index (χ1) is 14.7. The van der Waals surface area contributed by atoms with E-state index in [1.165, 1.54) is 18.2 Å². The summed E-state index contributed by atoms with van der Waals surface area (Å²) in [6.45, 7) is 3.01. The van der Waals surface area contributed by atoms with E-state index < -0.39 is 11.9 Å². The number of anilines is 2. The average Bonchev–Trinajstić information content (AvgIpc) is 3.05. The number of hydrogen-bond acceptors (Lipinski definition) is 3. The van der Waals surface area contributed by atoms with E-state index >= 15 is 0 Å². The van der Waals surface area contributed by atoms with Crippen LogP contribution in [0, 0.1) is 6.92 Å². The number of nitrogens with zero attached hydrogens (tertiary/aromatic N) is 2. The second-order valence-electron chi connectivity index (χ2n) is 7.57. The summed E-state index contributed by atoms with van der Waals surface area (Å²) in [6, 6.07) is 18.7. The summed E-state index contributed by atoms with van der Waals surface area (Å²) in [5, 5.41) is 12.5. The van der Waals surface area contributed by atoms with E-state index in [1.807, 2.05) is 31.2 Å². The molecule has 0 spiro atoms. The Balaban J connectivity index is 1.84. The lowest BCUT2D eigenvalue weighted by Gasteiger charge is -2.18. The van der Waals surface area contributed by atoms with Crippen LogP contribution in [0.3, 0.4) is 0 Å². The lowest BCUT2D eigenvalue weighted by atomic mass is 10.0. The van der Waals surface area contributed by atoms with Crippen LogP contribution >= 0.6 is 0 Å². The highest BCUT2D eigenvalue weighted by Crippen LogP contribution is 2.32. The number of rotatable bonds is 6. The standard InChI is InChI=1S/C24H21F2N3O2/c1-15-7-10-18(11-8-15)27-23-28-20-13-16(22(30)31)9-12-21(20)29(23)14-17-5-3-4-6-19(17)24(2,25)26/h3-13H,14H2,1-2H3,(H,27,28)(H,30,31). The summed E-state index contributed by atoms with van der Waals surface area (Å²) < 4.78 is 30.1. The van der Waals surface area contributed by atoms with Crippen molar-refractivity contribution in [2.45, 2.75) is 26.3 Å². The first-order valence-electron chi connectivity index (χ1n) is 9.76. The number of carbonyl (C=O) groups is 1. The van der Waals surface area contributed by atoms with Gasteiger partial charge in [0.2, 0.25) is 5.95 Å². The van der Waals surface area contributed by atoms with Gasteiger partial charge in [-0.1, -0.05) is 42.0 Å². The number of carboxylic acid groups (broad SMARTS) is 1. The average molecular weight is 421 g/mol. The zero-order valence-electron chi connectivity index (χ0n) is 17.1. The Morgan fingerprint density at radius 3 is 2.48 bits per heavy atom. The normalized spacial score (nSPS) is 11.6. The number of benzene rings is 3. The molecule has 0 aliphatic rings. The summed E-state index contributed by atoms with van der Waals surface area (Å²) in [4.78, 5) is 15.9. The lowest BCUT2D eigenvalue weighted by molar-refractivity contribution is 0.0164. The largest absolute Gasteiger partial charge is 0.478 e. The van der Waals surface area contributed by atoms with Crippen molar-refractivity contribution in [1.29, 1.82) is 0 Å². The van der Waals surface area contributed by atoms with Crippen LogP contribution < -0.4 is 5.32 Å². The molecule has 4 aromatic rings. The third kappa shape index (κ3) is 4.26. The minimum atomic E-state index is -2.99. The van der Waals surface area contributed by atoms with Gasteiger partial charge < -0.3 is 15.0 Å². The number of alkyl halides is 2. The molecule has 1 aromatic heterocycles. The molecule has 0 amide bonds. The fraction of sp³-hybridized carbons (Fsp3) is 0.167. The molecule has 0 saturated carbocycles. The molecule has 0 aliphatic carbocycles. The number of aryl methyl sites for hydroxylation is 1. The van der Waals surface area contributed by atoms with Crippen LogP contribution in [0.5, 0.6) is 0 Å². The number of imidazole rings is 1. The number of halogens is 2. The highest BCUT2D eigenvalue weighted by atomic mass is 19.3. The Kier molecular flexibility index (Phi) is 5.19. The maximum Gasteiger partial charge on any atom is 0.335 e. The zero-order valence-corrected chi connectivity index (χ0v) is 17.1. The molecule has 7 heteroatoms. The maximum atomic E-state index is 14.2. The fourth-order valence-electron chi connectivity index (χ4n) is 3.54. The number of nitrogens with one attached hydrogen (secondary N) is 1. The van der Waals surface area contributed by atoms with Crippen molar-refractivity contribution in [3.8, 4) is 0 Å². The van der Waals surface area contributed by atoms with Gasteiger partial charge in [0.15, 0.2) is 0 Å². The molecule has 5 nitrogen and oxygen atoms in total. The van der Waals surface area contributed by atoms with Crippen LogP contribution in [-0.2, 0) is 12.5 Å². The van der Waals surface area contributed by atoms with Crippen LogP contribution in [-0.4, -0.2) is 20.6 Å². The molecule has 0 bridgehead atoms. The molecule has 3 aromatic carbocycles. The van der Waals surface area contributed by atoms with E-state index in [0.717, 1.165) is 18.2 Å². The van der Waals surface area contributed by atoms with E-state index in [9.17, 15) is 18.7 Å². The van der Waals surface area contributed by atoms with E-state index in [0.29, 0.717) is 22.5 Å². The molecule has 0 aliphatic heterocycles. The molecular formula is C24H21F2N3O2. The Morgan fingerprint density at radius 1 is 1.10 bits per heavy atom. The van der Waals surface area contributed by atoms with Crippen molar-refractivity contribution in [2.75, 3.05) is 5.32 Å². The Hall–Kier alpha value is -3.74. The van der Waals surface area contributed by atoms with E-state index in [-0.39, 0.29) is 17.7 Å². The summed E-state index contributed by atoms with van der Waals surface area (Å²) in [5.74, 6) is -3.61. The summed E-state index contributed by atoms with van der Waals surface area (Å²) in [6.07, 6.45) is 0. The van der Waals surface area contributed by atoms with Gasteiger partial charge in [0.05, 0.1) is 23.1 Å². The van der Waals surface area contributed by atoms with Crippen molar-refractivity contribution < 1.29 is 18.7 Å². The Bertz CT molecular complexity index is 1260. The first kappa shape index (κ1) is 20.5. The van der Waals surface area contributed by atoms with Gasteiger partial charge in [-0.05, 0) is 42.8 Å².